The van der Waals surface area contributed by atoms with Gasteiger partial charge in [-0.3, -0.25) is 20.5 Å². The number of nitrogens with one attached hydrogen (secondary N) is 2. The van der Waals surface area contributed by atoms with Crippen LogP contribution < -0.4 is 4.90 Å². The van der Waals surface area contributed by atoms with Crippen molar-refractivity contribution in [2.75, 3.05) is 38.1 Å². The lowest BCUT2D eigenvalue weighted by atomic mass is 10.0. The van der Waals surface area contributed by atoms with Crippen molar-refractivity contribution in [1.82, 2.24) is 9.80 Å². The summed E-state index contributed by atoms with van der Waals surface area (Å²) in [6.07, 6.45) is 2.12. The summed E-state index contributed by atoms with van der Waals surface area (Å²) in [5.41, 5.74) is 1.51. The molecule has 0 radical (unpaired) electrons. The smallest absolute Gasteiger partial charge is 0.225 e. The minimum Gasteiger partial charge on any atom is -0.361 e. The van der Waals surface area contributed by atoms with Crippen LogP contribution in [0.25, 0.3) is 0 Å². The molecular weight excluding hydrogens is 426 g/mol. The number of carbonyl (C=O) groups excluding carboxylic acids is 1. The highest BCUT2D eigenvalue weighted by Crippen LogP contribution is 2.39. The second-order valence-electron chi connectivity index (χ2n) is 8.84. The molecule has 1 aromatic rings. The Bertz CT molecular complexity index is 887. The summed E-state index contributed by atoms with van der Waals surface area (Å²) in [5, 5.41) is 18.3. The Labute approximate surface area is 196 Å². The lowest BCUT2D eigenvalue weighted by Crippen LogP contribution is -2.46. The third kappa shape index (κ3) is 5.39. The molecule has 0 bridgehead atoms. The van der Waals surface area contributed by atoms with Crippen molar-refractivity contribution < 1.29 is 9.53 Å². The predicted octanol–water partition coefficient (Wildman–Crippen LogP) is 4.33. The first-order valence-electron chi connectivity index (χ1n) is 11.2. The summed E-state index contributed by atoms with van der Waals surface area (Å²) in [7, 11) is 2.07. The maximum absolute atomic E-state index is 13.2. The third-order valence-corrected chi connectivity index (χ3v) is 6.29. The number of halogens is 1. The van der Waals surface area contributed by atoms with Crippen LogP contribution in [0.1, 0.15) is 44.8 Å². The van der Waals surface area contributed by atoms with Crippen molar-refractivity contribution in [1.29, 1.82) is 10.8 Å². The Kier molecular flexibility index (Phi) is 8.09. The van der Waals surface area contributed by atoms with Crippen molar-refractivity contribution in [3.63, 3.8) is 0 Å². The molecule has 2 aliphatic rings. The van der Waals surface area contributed by atoms with E-state index in [4.69, 9.17) is 27.2 Å². The van der Waals surface area contributed by atoms with Gasteiger partial charge < -0.3 is 14.5 Å². The Hall–Kier alpha value is -2.22. The van der Waals surface area contributed by atoms with Crippen LogP contribution in [0.4, 0.5) is 5.69 Å². The molecule has 174 valence electrons. The van der Waals surface area contributed by atoms with Crippen molar-refractivity contribution in [2.45, 2.75) is 45.3 Å². The van der Waals surface area contributed by atoms with E-state index in [2.05, 4.69) is 18.5 Å². The van der Waals surface area contributed by atoms with Crippen LogP contribution in [-0.2, 0) is 9.53 Å². The Morgan fingerprint density at radius 3 is 2.72 bits per heavy atom. The van der Waals surface area contributed by atoms with Gasteiger partial charge in [0.15, 0.2) is 0 Å². The number of nitrogens with zero attached hydrogens (tertiary/aromatic N) is 3. The molecule has 1 aromatic carbocycles. The number of amides is 1. The number of hydrogen-bond donors (Lipinski definition) is 2. The molecule has 1 fully saturated rings. The summed E-state index contributed by atoms with van der Waals surface area (Å²) < 4.78 is 6.37. The van der Waals surface area contributed by atoms with E-state index >= 15 is 0 Å². The number of amidine groups is 2. The average molecular weight is 460 g/mol. The Morgan fingerprint density at radius 2 is 2.03 bits per heavy atom. The molecule has 1 saturated heterocycles. The second-order valence-corrected chi connectivity index (χ2v) is 9.28. The van der Waals surface area contributed by atoms with Gasteiger partial charge in [0.05, 0.1) is 18.2 Å². The zero-order chi connectivity index (χ0) is 23.4. The van der Waals surface area contributed by atoms with Crippen LogP contribution >= 0.6 is 11.6 Å². The molecule has 2 aliphatic heterocycles. The van der Waals surface area contributed by atoms with Crippen molar-refractivity contribution in [2.24, 2.45) is 5.92 Å². The average Bonchev–Trinajstić information content (AvgIpc) is 3.02. The monoisotopic (exact) mass is 459 g/mol. The molecule has 0 saturated carbocycles. The van der Waals surface area contributed by atoms with Gasteiger partial charge >= 0.3 is 0 Å². The third-order valence-electron chi connectivity index (χ3n) is 6.05. The maximum atomic E-state index is 13.2. The SMILES string of the molecule is C=CCC1OC(CC(=O)N2CCCN(C)CC2)C(=N)N(C(=N)C(C)C)c2ccc(Cl)cc21. The number of fused-ring (bicyclic) bond motifs is 1. The lowest BCUT2D eigenvalue weighted by molar-refractivity contribution is -0.133. The fraction of sp³-hybridized carbons (Fsp3) is 0.542. The van der Waals surface area contributed by atoms with Crippen LogP contribution in [0.15, 0.2) is 30.9 Å². The standard InChI is InChI=1S/C24H34ClN5O2/c1-5-7-20-18-14-17(25)8-9-19(18)30(23(26)16(2)3)24(27)21(32-20)15-22(31)29-11-6-10-28(4)12-13-29/h5,8-9,14,16,20-21,26-27H,1,6-7,10-13,15H2,2-4H3. The molecule has 0 aliphatic carbocycles. The summed E-state index contributed by atoms with van der Waals surface area (Å²) in [6, 6.07) is 5.42. The number of carbonyl (C=O) groups is 1. The molecule has 0 spiro atoms. The molecule has 2 unspecified atom stereocenters. The van der Waals surface area contributed by atoms with E-state index in [0.29, 0.717) is 30.2 Å². The van der Waals surface area contributed by atoms with Gasteiger partial charge in [-0.05, 0) is 44.6 Å². The number of rotatable bonds is 5. The van der Waals surface area contributed by atoms with Crippen LogP contribution in [0, 0.1) is 16.7 Å². The summed E-state index contributed by atoms with van der Waals surface area (Å²) >= 11 is 6.30. The second kappa shape index (κ2) is 10.6. The largest absolute Gasteiger partial charge is 0.361 e. The maximum Gasteiger partial charge on any atom is 0.225 e. The molecular formula is C24H34ClN5O2. The van der Waals surface area contributed by atoms with Gasteiger partial charge in [-0.1, -0.05) is 31.5 Å². The zero-order valence-electron chi connectivity index (χ0n) is 19.2. The van der Waals surface area contributed by atoms with Gasteiger partial charge in [0.2, 0.25) is 5.91 Å². The van der Waals surface area contributed by atoms with E-state index in [9.17, 15) is 4.79 Å². The normalized spacial score (nSPS) is 22.3. The molecule has 7 nitrogen and oxygen atoms in total. The van der Waals surface area contributed by atoms with E-state index in [0.717, 1.165) is 25.1 Å². The van der Waals surface area contributed by atoms with Crippen LogP contribution in [0.3, 0.4) is 0 Å². The van der Waals surface area contributed by atoms with Gasteiger partial charge in [0.1, 0.15) is 17.8 Å². The van der Waals surface area contributed by atoms with Crippen LogP contribution in [0.2, 0.25) is 5.02 Å². The van der Waals surface area contributed by atoms with E-state index < -0.39 is 12.2 Å². The lowest BCUT2D eigenvalue weighted by Gasteiger charge is -2.30. The van der Waals surface area contributed by atoms with Crippen molar-refractivity contribution in [3.8, 4) is 0 Å². The molecule has 2 atom stereocenters. The fourth-order valence-electron chi connectivity index (χ4n) is 4.18. The minimum atomic E-state index is -0.765. The minimum absolute atomic E-state index is 0.0209. The number of benzene rings is 1. The van der Waals surface area contributed by atoms with E-state index in [1.54, 1.807) is 17.0 Å². The molecule has 1 amide bonds. The molecule has 2 heterocycles. The van der Waals surface area contributed by atoms with E-state index in [1.165, 1.54) is 0 Å². The first kappa shape index (κ1) is 24.4. The Balaban J connectivity index is 1.95. The van der Waals surface area contributed by atoms with Gasteiger partial charge in [-0.2, -0.15) is 0 Å². The molecule has 3 rings (SSSR count). The predicted molar refractivity (Wildman–Crippen MR) is 130 cm³/mol. The van der Waals surface area contributed by atoms with Gasteiger partial charge in [-0.15, -0.1) is 6.58 Å². The van der Waals surface area contributed by atoms with E-state index in [-0.39, 0.29) is 29.9 Å². The number of likely N-dealkylation sites (N-methyl/N-ethyl adjacent to an activating group) is 1. The molecule has 2 N–H and O–H groups in total. The van der Waals surface area contributed by atoms with Gasteiger partial charge in [-0.25, -0.2) is 0 Å². The van der Waals surface area contributed by atoms with E-state index in [1.807, 2.05) is 30.9 Å². The van der Waals surface area contributed by atoms with Crippen LogP contribution in [-0.4, -0.2) is 66.7 Å². The highest BCUT2D eigenvalue weighted by Gasteiger charge is 2.37. The number of hydrogen-bond acceptors (Lipinski definition) is 5. The highest BCUT2D eigenvalue weighted by molar-refractivity contribution is 6.31. The van der Waals surface area contributed by atoms with Crippen LogP contribution in [0.5, 0.6) is 0 Å². The summed E-state index contributed by atoms with van der Waals surface area (Å²) in [5.74, 6) is 0.272. The Morgan fingerprint density at radius 1 is 1.28 bits per heavy atom. The first-order valence-corrected chi connectivity index (χ1v) is 11.6. The van der Waals surface area contributed by atoms with Gasteiger partial charge in [0.25, 0.3) is 0 Å². The highest BCUT2D eigenvalue weighted by atomic mass is 35.5. The topological polar surface area (TPSA) is 83.7 Å². The molecule has 8 heteroatoms. The zero-order valence-corrected chi connectivity index (χ0v) is 20.0. The van der Waals surface area contributed by atoms with Crippen molar-refractivity contribution in [3.05, 3.63) is 41.4 Å². The molecule has 32 heavy (non-hydrogen) atoms. The van der Waals surface area contributed by atoms with Gasteiger partial charge in [0, 0.05) is 36.1 Å². The van der Waals surface area contributed by atoms with Crippen molar-refractivity contribution >= 4 is 34.9 Å². The summed E-state index contributed by atoms with van der Waals surface area (Å²) in [4.78, 5) is 18.9. The molecule has 0 aromatic heterocycles. The quantitative estimate of drug-likeness (QED) is 0.390. The fourth-order valence-corrected chi connectivity index (χ4v) is 4.36. The summed E-state index contributed by atoms with van der Waals surface area (Å²) in [6.45, 7) is 10.9. The number of anilines is 1. The first-order chi connectivity index (χ1) is 15.2. The number of ether oxygens (including phenoxy) is 1.